The Bertz CT molecular complexity index is 1040. The Labute approximate surface area is 141 Å². The molecule has 1 heterocycles. The summed E-state index contributed by atoms with van der Waals surface area (Å²) in [5.41, 5.74) is 1.35. The molecule has 0 bridgehead atoms. The fourth-order valence-electron chi connectivity index (χ4n) is 2.52. The summed E-state index contributed by atoms with van der Waals surface area (Å²) in [6, 6.07) is 19.1. The molecule has 3 aromatic carbocycles. The van der Waals surface area contributed by atoms with Crippen LogP contribution in [0.5, 0.6) is 0 Å². The minimum Gasteiger partial charge on any atom is -0.298 e. The molecule has 0 saturated carbocycles. The third-order valence-electron chi connectivity index (χ3n) is 3.62. The second-order valence-corrected chi connectivity index (χ2v) is 6.52. The molecule has 4 rings (SSSR count). The van der Waals surface area contributed by atoms with Crippen molar-refractivity contribution in [3.8, 4) is 0 Å². The lowest BCUT2D eigenvalue weighted by atomic mass is 10.1. The molecule has 0 fully saturated rings. The minimum atomic E-state index is -0.251. The molecule has 1 amide bonds. The van der Waals surface area contributed by atoms with E-state index in [4.69, 9.17) is 11.6 Å². The van der Waals surface area contributed by atoms with E-state index in [1.165, 1.54) is 11.3 Å². The summed E-state index contributed by atoms with van der Waals surface area (Å²) in [7, 11) is 0. The Morgan fingerprint density at radius 3 is 2.65 bits per heavy atom. The molecule has 3 nitrogen and oxygen atoms in total. The number of rotatable bonds is 2. The molecule has 23 heavy (non-hydrogen) atoms. The number of hydrogen-bond donors (Lipinski definition) is 1. The van der Waals surface area contributed by atoms with Crippen LogP contribution in [0.4, 0.5) is 5.13 Å². The number of carbonyl (C=O) groups is 1. The van der Waals surface area contributed by atoms with E-state index in [0.717, 1.165) is 21.0 Å². The number of carbonyl (C=O) groups excluding carboxylic acids is 1. The van der Waals surface area contributed by atoms with Crippen molar-refractivity contribution in [1.82, 2.24) is 4.98 Å². The fraction of sp³-hybridized carbons (Fsp3) is 0. The van der Waals surface area contributed by atoms with Gasteiger partial charge in [0, 0.05) is 5.39 Å². The van der Waals surface area contributed by atoms with Crippen molar-refractivity contribution >= 4 is 55.0 Å². The van der Waals surface area contributed by atoms with E-state index in [2.05, 4.69) is 22.4 Å². The number of thiazole rings is 1. The first-order valence-corrected chi connectivity index (χ1v) is 8.26. The van der Waals surface area contributed by atoms with Gasteiger partial charge in [0.15, 0.2) is 5.13 Å². The van der Waals surface area contributed by atoms with Crippen LogP contribution in [0.3, 0.4) is 0 Å². The molecular formula is C18H11ClN2OS. The van der Waals surface area contributed by atoms with E-state index in [-0.39, 0.29) is 5.91 Å². The molecule has 0 radical (unpaired) electrons. The Morgan fingerprint density at radius 1 is 1.00 bits per heavy atom. The van der Waals surface area contributed by atoms with Gasteiger partial charge in [0.25, 0.3) is 5.91 Å². The predicted octanol–water partition coefficient (Wildman–Crippen LogP) is 5.36. The van der Waals surface area contributed by atoms with E-state index in [1.54, 1.807) is 24.3 Å². The lowest BCUT2D eigenvalue weighted by Gasteiger charge is -2.03. The van der Waals surface area contributed by atoms with E-state index in [1.807, 2.05) is 24.3 Å². The molecular weight excluding hydrogens is 328 g/mol. The van der Waals surface area contributed by atoms with Gasteiger partial charge >= 0.3 is 0 Å². The fourth-order valence-corrected chi connectivity index (χ4v) is 3.62. The summed E-state index contributed by atoms with van der Waals surface area (Å²) >= 11 is 7.52. The SMILES string of the molecule is O=C(Nc1nc2c(ccc3ccccc32)s1)c1ccccc1Cl. The smallest absolute Gasteiger partial charge is 0.258 e. The van der Waals surface area contributed by atoms with Gasteiger partial charge in [-0.1, -0.05) is 65.4 Å². The van der Waals surface area contributed by atoms with E-state index < -0.39 is 0 Å². The van der Waals surface area contributed by atoms with Crippen molar-refractivity contribution in [2.24, 2.45) is 0 Å². The highest BCUT2D eigenvalue weighted by molar-refractivity contribution is 7.22. The van der Waals surface area contributed by atoms with Crippen molar-refractivity contribution in [3.63, 3.8) is 0 Å². The normalized spacial score (nSPS) is 11.0. The molecule has 4 aromatic rings. The van der Waals surface area contributed by atoms with Gasteiger partial charge in [0.05, 0.1) is 20.8 Å². The largest absolute Gasteiger partial charge is 0.298 e. The van der Waals surface area contributed by atoms with Crippen LogP contribution < -0.4 is 5.32 Å². The molecule has 0 aliphatic carbocycles. The molecule has 0 saturated heterocycles. The molecule has 1 N–H and O–H groups in total. The number of amides is 1. The standard InChI is InChI=1S/C18H11ClN2OS/c19-14-8-4-3-7-13(14)17(22)21-18-20-16-12-6-2-1-5-11(12)9-10-15(16)23-18/h1-10H,(H,20,21,22). The van der Waals surface area contributed by atoms with Crippen molar-refractivity contribution < 1.29 is 4.79 Å². The van der Waals surface area contributed by atoms with Gasteiger partial charge in [-0.3, -0.25) is 10.1 Å². The van der Waals surface area contributed by atoms with E-state index in [9.17, 15) is 4.79 Å². The number of halogens is 1. The van der Waals surface area contributed by atoms with Crippen LogP contribution in [0.15, 0.2) is 60.7 Å². The van der Waals surface area contributed by atoms with Crippen molar-refractivity contribution in [2.45, 2.75) is 0 Å². The monoisotopic (exact) mass is 338 g/mol. The number of anilines is 1. The molecule has 0 atom stereocenters. The summed E-state index contributed by atoms with van der Waals surface area (Å²) in [5, 5.41) is 6.05. The maximum Gasteiger partial charge on any atom is 0.258 e. The van der Waals surface area contributed by atoms with Gasteiger partial charge in [0.2, 0.25) is 0 Å². The summed E-state index contributed by atoms with van der Waals surface area (Å²) in [6.07, 6.45) is 0. The summed E-state index contributed by atoms with van der Waals surface area (Å²) in [4.78, 5) is 16.9. The zero-order valence-corrected chi connectivity index (χ0v) is 13.5. The Hall–Kier alpha value is -2.43. The number of nitrogens with zero attached hydrogens (tertiary/aromatic N) is 1. The Kier molecular flexibility index (Phi) is 3.48. The highest BCUT2D eigenvalue weighted by atomic mass is 35.5. The molecule has 5 heteroatoms. The number of hydrogen-bond acceptors (Lipinski definition) is 3. The Morgan fingerprint density at radius 2 is 1.78 bits per heavy atom. The maximum absolute atomic E-state index is 12.3. The number of aromatic nitrogens is 1. The van der Waals surface area contributed by atoms with Crippen LogP contribution in [0, 0.1) is 0 Å². The molecule has 1 aromatic heterocycles. The van der Waals surface area contributed by atoms with Gasteiger partial charge in [0.1, 0.15) is 0 Å². The summed E-state index contributed by atoms with van der Waals surface area (Å²) in [5.74, 6) is -0.251. The van der Waals surface area contributed by atoms with Gasteiger partial charge in [-0.25, -0.2) is 4.98 Å². The van der Waals surface area contributed by atoms with Crippen LogP contribution in [0.1, 0.15) is 10.4 Å². The second-order valence-electron chi connectivity index (χ2n) is 5.09. The maximum atomic E-state index is 12.3. The average Bonchev–Trinajstić information content (AvgIpc) is 2.98. The Balaban J connectivity index is 1.74. The third kappa shape index (κ3) is 2.56. The first kappa shape index (κ1) is 14.2. The lowest BCUT2D eigenvalue weighted by Crippen LogP contribution is -2.11. The third-order valence-corrected chi connectivity index (χ3v) is 4.89. The van der Waals surface area contributed by atoms with Crippen LogP contribution >= 0.6 is 22.9 Å². The molecule has 112 valence electrons. The van der Waals surface area contributed by atoms with E-state index in [0.29, 0.717) is 15.7 Å². The van der Waals surface area contributed by atoms with Crippen LogP contribution in [-0.2, 0) is 0 Å². The first-order chi connectivity index (χ1) is 11.2. The summed E-state index contributed by atoms with van der Waals surface area (Å²) < 4.78 is 1.04. The molecule has 0 unspecified atom stereocenters. The number of fused-ring (bicyclic) bond motifs is 3. The molecule has 0 aliphatic heterocycles. The lowest BCUT2D eigenvalue weighted by molar-refractivity contribution is 0.102. The van der Waals surface area contributed by atoms with Gasteiger partial charge in [-0.2, -0.15) is 0 Å². The zero-order chi connectivity index (χ0) is 15.8. The average molecular weight is 339 g/mol. The van der Waals surface area contributed by atoms with Crippen molar-refractivity contribution in [3.05, 3.63) is 71.2 Å². The van der Waals surface area contributed by atoms with Gasteiger partial charge in [-0.05, 0) is 23.6 Å². The van der Waals surface area contributed by atoms with Crippen molar-refractivity contribution in [1.29, 1.82) is 0 Å². The van der Waals surface area contributed by atoms with Crippen molar-refractivity contribution in [2.75, 3.05) is 5.32 Å². The van der Waals surface area contributed by atoms with Gasteiger partial charge in [-0.15, -0.1) is 0 Å². The first-order valence-electron chi connectivity index (χ1n) is 7.06. The highest BCUT2D eigenvalue weighted by Gasteiger charge is 2.13. The molecule has 0 spiro atoms. The topological polar surface area (TPSA) is 42.0 Å². The van der Waals surface area contributed by atoms with E-state index >= 15 is 0 Å². The zero-order valence-electron chi connectivity index (χ0n) is 11.9. The van der Waals surface area contributed by atoms with Crippen LogP contribution in [0.25, 0.3) is 21.0 Å². The van der Waals surface area contributed by atoms with Gasteiger partial charge < -0.3 is 0 Å². The number of benzene rings is 3. The minimum absolute atomic E-state index is 0.251. The van der Waals surface area contributed by atoms with Crippen LogP contribution in [0.2, 0.25) is 5.02 Å². The quantitative estimate of drug-likeness (QED) is 0.535. The predicted molar refractivity (Wildman–Crippen MR) is 96.5 cm³/mol. The number of nitrogens with one attached hydrogen (secondary N) is 1. The second kappa shape index (κ2) is 5.65. The summed E-state index contributed by atoms with van der Waals surface area (Å²) in [6.45, 7) is 0. The van der Waals surface area contributed by atoms with Crippen LogP contribution in [-0.4, -0.2) is 10.9 Å². The highest BCUT2D eigenvalue weighted by Crippen LogP contribution is 2.32. The molecule has 0 aliphatic rings.